The van der Waals surface area contributed by atoms with Gasteiger partial charge in [0.25, 0.3) is 5.91 Å². The van der Waals surface area contributed by atoms with E-state index in [1.807, 2.05) is 32.0 Å². The monoisotopic (exact) mass is 522 g/mol. The molecule has 2 aromatic rings. The first-order chi connectivity index (χ1) is 18.3. The first-order valence-electron chi connectivity index (χ1n) is 13.2. The highest BCUT2D eigenvalue weighted by Crippen LogP contribution is 2.32. The Bertz CT molecular complexity index is 1180. The summed E-state index contributed by atoms with van der Waals surface area (Å²) in [6.45, 7) is 4.31. The number of nitrogens with zero attached hydrogens (tertiary/aromatic N) is 3. The second-order valence-electron chi connectivity index (χ2n) is 10.2. The molecule has 9 nitrogen and oxygen atoms in total. The molecule has 2 aliphatic rings. The summed E-state index contributed by atoms with van der Waals surface area (Å²) in [6, 6.07) is 8.37. The Balaban J connectivity index is 1.59. The summed E-state index contributed by atoms with van der Waals surface area (Å²) in [5.41, 5.74) is 3.13. The van der Waals surface area contributed by atoms with Crippen molar-refractivity contribution in [1.29, 1.82) is 0 Å². The van der Waals surface area contributed by atoms with E-state index < -0.39 is 6.10 Å². The number of nitrogens with one attached hydrogen (secondary N) is 1. The van der Waals surface area contributed by atoms with Crippen LogP contribution in [-0.4, -0.2) is 77.8 Å². The Kier molecular flexibility index (Phi) is 8.89. The van der Waals surface area contributed by atoms with Crippen LogP contribution in [0, 0.1) is 5.92 Å². The molecule has 1 aliphatic heterocycles. The maximum atomic E-state index is 13.7. The van der Waals surface area contributed by atoms with Gasteiger partial charge in [0.15, 0.2) is 0 Å². The number of ether oxygens (including phenoxy) is 2. The average molecular weight is 523 g/mol. The second-order valence-corrected chi connectivity index (χ2v) is 10.2. The molecule has 1 aromatic carbocycles. The molecule has 0 saturated carbocycles. The van der Waals surface area contributed by atoms with Gasteiger partial charge in [0.1, 0.15) is 17.4 Å². The number of benzene rings is 1. The Morgan fingerprint density at radius 2 is 2.16 bits per heavy atom. The van der Waals surface area contributed by atoms with Gasteiger partial charge < -0.3 is 29.7 Å². The number of methoxy groups -OCH3 is 1. The SMILES string of the molecule is COc1cccc(NC(=O)N(C)C[C@@H]2Oc3ncc(C4=CCCCC4)cc3C(=O)N([C@H](C)CO)C[C@H]2C)c1. The predicted octanol–water partition coefficient (Wildman–Crippen LogP) is 4.43. The normalized spacial score (nSPS) is 20.3. The zero-order valence-corrected chi connectivity index (χ0v) is 22.6. The van der Waals surface area contributed by atoms with Crippen molar-refractivity contribution in [2.45, 2.75) is 51.7 Å². The van der Waals surface area contributed by atoms with Crippen molar-refractivity contribution < 1.29 is 24.2 Å². The molecule has 1 aliphatic carbocycles. The highest BCUT2D eigenvalue weighted by molar-refractivity contribution is 5.97. The van der Waals surface area contributed by atoms with E-state index in [2.05, 4.69) is 16.4 Å². The molecular formula is C29H38N4O5. The maximum absolute atomic E-state index is 13.7. The lowest BCUT2D eigenvalue weighted by Gasteiger charge is -2.37. The van der Waals surface area contributed by atoms with Gasteiger partial charge >= 0.3 is 6.03 Å². The molecule has 0 spiro atoms. The fraction of sp³-hybridized carbons (Fsp3) is 0.483. The standard InChI is InChI=1S/C29H38N4O5/c1-19-16-33(20(2)18-34)28(35)25-13-22(21-9-6-5-7-10-21)15-30-27(25)38-26(19)17-32(3)29(36)31-23-11-8-12-24(14-23)37-4/h8-9,11-15,19-20,26,34H,5-7,10,16-18H2,1-4H3,(H,31,36)/t19-,20-,26+/m1/s1. The highest BCUT2D eigenvalue weighted by atomic mass is 16.5. The van der Waals surface area contributed by atoms with Gasteiger partial charge in [-0.3, -0.25) is 4.79 Å². The molecule has 0 saturated heterocycles. The summed E-state index contributed by atoms with van der Waals surface area (Å²) < 4.78 is 11.6. The van der Waals surface area contributed by atoms with Gasteiger partial charge in [-0.15, -0.1) is 0 Å². The van der Waals surface area contributed by atoms with Crippen molar-refractivity contribution in [2.24, 2.45) is 5.92 Å². The average Bonchev–Trinajstić information content (AvgIpc) is 2.94. The Labute approximate surface area is 224 Å². The quantitative estimate of drug-likeness (QED) is 0.558. The molecular weight excluding hydrogens is 484 g/mol. The topological polar surface area (TPSA) is 104 Å². The molecule has 4 rings (SSSR count). The number of allylic oxidation sites excluding steroid dienone is 2. The van der Waals surface area contributed by atoms with E-state index >= 15 is 0 Å². The van der Waals surface area contributed by atoms with Crippen molar-refractivity contribution in [2.75, 3.05) is 39.2 Å². The van der Waals surface area contributed by atoms with Crippen LogP contribution < -0.4 is 14.8 Å². The lowest BCUT2D eigenvalue weighted by atomic mass is 9.93. The van der Waals surface area contributed by atoms with Crippen molar-refractivity contribution in [3.8, 4) is 11.6 Å². The number of likely N-dealkylation sites (N-methyl/N-ethyl adjacent to an activating group) is 1. The van der Waals surface area contributed by atoms with E-state index in [4.69, 9.17) is 9.47 Å². The minimum Gasteiger partial charge on any atom is -0.497 e. The zero-order chi connectivity index (χ0) is 27.2. The number of urea groups is 1. The first kappa shape index (κ1) is 27.4. The van der Waals surface area contributed by atoms with Crippen LogP contribution in [0.25, 0.3) is 5.57 Å². The van der Waals surface area contributed by atoms with Crippen LogP contribution in [0.3, 0.4) is 0 Å². The number of aliphatic hydroxyl groups excluding tert-OH is 1. The van der Waals surface area contributed by atoms with Gasteiger partial charge in [-0.05, 0) is 61.9 Å². The summed E-state index contributed by atoms with van der Waals surface area (Å²) >= 11 is 0. The van der Waals surface area contributed by atoms with Gasteiger partial charge in [-0.2, -0.15) is 0 Å². The first-order valence-corrected chi connectivity index (χ1v) is 13.2. The van der Waals surface area contributed by atoms with Crippen LogP contribution >= 0.6 is 0 Å². The number of anilines is 1. The molecule has 1 aromatic heterocycles. The molecule has 0 bridgehead atoms. The number of aromatic nitrogens is 1. The number of carbonyl (C=O) groups is 2. The molecule has 2 heterocycles. The van der Waals surface area contributed by atoms with Crippen LogP contribution in [0.2, 0.25) is 0 Å². The van der Waals surface area contributed by atoms with Gasteiger partial charge in [0.05, 0.1) is 26.3 Å². The lowest BCUT2D eigenvalue weighted by Crippen LogP contribution is -2.50. The molecule has 0 unspecified atom stereocenters. The van der Waals surface area contributed by atoms with Gasteiger partial charge in [-0.1, -0.05) is 19.1 Å². The fourth-order valence-corrected chi connectivity index (χ4v) is 4.87. The smallest absolute Gasteiger partial charge is 0.321 e. The van der Waals surface area contributed by atoms with Crippen LogP contribution in [0.1, 0.15) is 55.5 Å². The van der Waals surface area contributed by atoms with Crippen LogP contribution in [0.5, 0.6) is 11.6 Å². The largest absolute Gasteiger partial charge is 0.497 e. The predicted molar refractivity (Wildman–Crippen MR) is 146 cm³/mol. The Morgan fingerprint density at radius 1 is 1.34 bits per heavy atom. The summed E-state index contributed by atoms with van der Waals surface area (Å²) in [5, 5.41) is 12.8. The van der Waals surface area contributed by atoms with E-state index in [1.54, 1.807) is 42.3 Å². The summed E-state index contributed by atoms with van der Waals surface area (Å²) in [4.78, 5) is 34.5. The van der Waals surface area contributed by atoms with Gasteiger partial charge in [-0.25, -0.2) is 9.78 Å². The van der Waals surface area contributed by atoms with E-state index in [0.717, 1.165) is 24.8 Å². The summed E-state index contributed by atoms with van der Waals surface area (Å²) in [6.07, 6.45) is 7.83. The minimum atomic E-state index is -0.427. The lowest BCUT2D eigenvalue weighted by molar-refractivity contribution is 0.0356. The molecule has 0 radical (unpaired) electrons. The second kappa shape index (κ2) is 12.3. The molecule has 3 atom stereocenters. The number of hydrogen-bond acceptors (Lipinski definition) is 6. The molecule has 2 N–H and O–H groups in total. The van der Waals surface area contributed by atoms with E-state index in [-0.39, 0.29) is 42.9 Å². The highest BCUT2D eigenvalue weighted by Gasteiger charge is 2.35. The molecule has 204 valence electrons. The Hall–Kier alpha value is -3.59. The maximum Gasteiger partial charge on any atom is 0.321 e. The number of carbonyl (C=O) groups excluding carboxylic acids is 2. The van der Waals surface area contributed by atoms with E-state index in [1.165, 1.54) is 12.0 Å². The molecule has 9 heteroatoms. The molecule has 3 amide bonds. The number of rotatable bonds is 7. The van der Waals surface area contributed by atoms with Crippen LogP contribution in [-0.2, 0) is 0 Å². The third kappa shape index (κ3) is 6.27. The number of amides is 3. The molecule has 38 heavy (non-hydrogen) atoms. The Morgan fingerprint density at radius 3 is 2.87 bits per heavy atom. The number of hydrogen-bond donors (Lipinski definition) is 2. The van der Waals surface area contributed by atoms with E-state index in [9.17, 15) is 14.7 Å². The van der Waals surface area contributed by atoms with Crippen molar-refractivity contribution in [1.82, 2.24) is 14.8 Å². The minimum absolute atomic E-state index is 0.129. The van der Waals surface area contributed by atoms with Crippen molar-refractivity contribution >= 4 is 23.2 Å². The number of pyridine rings is 1. The number of aliphatic hydroxyl groups is 1. The van der Waals surface area contributed by atoms with Crippen LogP contribution in [0.15, 0.2) is 42.6 Å². The van der Waals surface area contributed by atoms with E-state index in [0.29, 0.717) is 23.5 Å². The van der Waals surface area contributed by atoms with Crippen molar-refractivity contribution in [3.63, 3.8) is 0 Å². The van der Waals surface area contributed by atoms with Crippen LogP contribution in [0.4, 0.5) is 10.5 Å². The third-order valence-electron chi connectivity index (χ3n) is 7.30. The number of fused-ring (bicyclic) bond motifs is 1. The zero-order valence-electron chi connectivity index (χ0n) is 22.6. The van der Waals surface area contributed by atoms with Gasteiger partial charge in [0.2, 0.25) is 5.88 Å². The fourth-order valence-electron chi connectivity index (χ4n) is 4.87. The van der Waals surface area contributed by atoms with Crippen molar-refractivity contribution in [3.05, 3.63) is 53.7 Å². The summed E-state index contributed by atoms with van der Waals surface area (Å²) in [5.74, 6) is 0.567. The molecule has 0 fully saturated rings. The van der Waals surface area contributed by atoms with Gasteiger partial charge in [0, 0.05) is 37.5 Å². The third-order valence-corrected chi connectivity index (χ3v) is 7.30. The summed E-state index contributed by atoms with van der Waals surface area (Å²) in [7, 11) is 3.28.